The van der Waals surface area contributed by atoms with Gasteiger partial charge in [-0.25, -0.2) is 0 Å². The summed E-state index contributed by atoms with van der Waals surface area (Å²) in [6.07, 6.45) is 6.70. The third-order valence-corrected chi connectivity index (χ3v) is 3.44. The number of hydrogen-bond donors (Lipinski definition) is 0. The maximum Gasteiger partial charge on any atom is 0.0534 e. The van der Waals surface area contributed by atoms with Gasteiger partial charge < -0.3 is 4.57 Å². The molecule has 0 N–H and O–H groups in total. The molecule has 0 aliphatic heterocycles. The number of nitrogens with zero attached hydrogens (tertiary/aromatic N) is 1. The van der Waals surface area contributed by atoms with Crippen molar-refractivity contribution < 1.29 is 0 Å². The molecule has 1 aromatic heterocycles. The van der Waals surface area contributed by atoms with E-state index in [0.717, 1.165) is 0 Å². The quantitative estimate of drug-likeness (QED) is 0.603. The van der Waals surface area contributed by atoms with E-state index in [2.05, 4.69) is 91.4 Å². The van der Waals surface area contributed by atoms with Gasteiger partial charge in [0.2, 0.25) is 0 Å². The lowest BCUT2D eigenvalue weighted by Gasteiger charge is -2.04. The summed E-state index contributed by atoms with van der Waals surface area (Å²) in [4.78, 5) is 0. The average Bonchev–Trinajstić information content (AvgIpc) is 2.85. The molecule has 3 aromatic rings. The van der Waals surface area contributed by atoms with E-state index in [4.69, 9.17) is 0 Å². The summed E-state index contributed by atoms with van der Waals surface area (Å²) in [5, 5.41) is 1.30. The number of allylic oxidation sites excluding steroid dienone is 1. The van der Waals surface area contributed by atoms with Gasteiger partial charge in [0, 0.05) is 22.8 Å². The predicted molar refractivity (Wildman–Crippen MR) is 87.1 cm³/mol. The molecule has 0 saturated carbocycles. The van der Waals surface area contributed by atoms with Crippen LogP contribution in [0.5, 0.6) is 0 Å². The minimum atomic E-state index is 0.564. The summed E-state index contributed by atoms with van der Waals surface area (Å²) in [5.74, 6) is 0.564. The molecule has 0 unspecified atom stereocenters. The highest BCUT2D eigenvalue weighted by Crippen LogP contribution is 2.26. The van der Waals surface area contributed by atoms with Crippen molar-refractivity contribution in [1.29, 1.82) is 0 Å². The van der Waals surface area contributed by atoms with Crippen molar-refractivity contribution in [2.45, 2.75) is 13.8 Å². The van der Waals surface area contributed by atoms with Crippen LogP contribution >= 0.6 is 0 Å². The van der Waals surface area contributed by atoms with Crippen molar-refractivity contribution in [3.05, 3.63) is 72.4 Å². The molecule has 0 amide bonds. The zero-order chi connectivity index (χ0) is 13.9. The molecule has 0 spiro atoms. The van der Waals surface area contributed by atoms with Crippen molar-refractivity contribution in [3.63, 3.8) is 0 Å². The summed E-state index contributed by atoms with van der Waals surface area (Å²) in [6.45, 7) is 4.40. The van der Waals surface area contributed by atoms with Gasteiger partial charge in [-0.15, -0.1) is 0 Å². The zero-order valence-electron chi connectivity index (χ0n) is 12.0. The first-order chi connectivity index (χ1) is 9.75. The SMILES string of the molecule is CC(C)/C=C/c1cn(-c2ccccc2)c2ccccc12. The van der Waals surface area contributed by atoms with Crippen LogP contribution in [-0.4, -0.2) is 4.57 Å². The van der Waals surface area contributed by atoms with Crippen LogP contribution in [0.25, 0.3) is 22.7 Å². The highest BCUT2D eigenvalue weighted by molar-refractivity contribution is 5.90. The monoisotopic (exact) mass is 261 g/mol. The molecule has 20 heavy (non-hydrogen) atoms. The van der Waals surface area contributed by atoms with Crippen molar-refractivity contribution >= 4 is 17.0 Å². The van der Waals surface area contributed by atoms with Crippen LogP contribution in [0.1, 0.15) is 19.4 Å². The summed E-state index contributed by atoms with van der Waals surface area (Å²) in [7, 11) is 0. The molecule has 3 rings (SSSR count). The van der Waals surface area contributed by atoms with E-state index in [1.807, 2.05) is 0 Å². The van der Waals surface area contributed by atoms with Gasteiger partial charge in [0.05, 0.1) is 5.52 Å². The molecule has 0 radical (unpaired) electrons. The zero-order valence-corrected chi connectivity index (χ0v) is 12.0. The second-order valence-electron chi connectivity index (χ2n) is 5.41. The van der Waals surface area contributed by atoms with Gasteiger partial charge in [-0.2, -0.15) is 0 Å². The first-order valence-corrected chi connectivity index (χ1v) is 7.09. The largest absolute Gasteiger partial charge is 0.316 e. The Bertz CT molecular complexity index is 733. The summed E-state index contributed by atoms with van der Waals surface area (Å²) < 4.78 is 2.26. The number of para-hydroxylation sites is 2. The molecule has 2 aromatic carbocycles. The van der Waals surface area contributed by atoms with Crippen LogP contribution in [0.3, 0.4) is 0 Å². The number of fused-ring (bicyclic) bond motifs is 1. The van der Waals surface area contributed by atoms with Gasteiger partial charge in [-0.3, -0.25) is 0 Å². The Labute approximate surface area is 120 Å². The first kappa shape index (κ1) is 12.7. The van der Waals surface area contributed by atoms with E-state index >= 15 is 0 Å². The van der Waals surface area contributed by atoms with Gasteiger partial charge in [-0.05, 0) is 24.1 Å². The molecular weight excluding hydrogens is 242 g/mol. The van der Waals surface area contributed by atoms with Crippen molar-refractivity contribution in [1.82, 2.24) is 4.57 Å². The normalized spacial score (nSPS) is 11.8. The Morgan fingerprint density at radius 2 is 1.60 bits per heavy atom. The van der Waals surface area contributed by atoms with Gasteiger partial charge >= 0.3 is 0 Å². The highest BCUT2D eigenvalue weighted by Gasteiger charge is 2.07. The van der Waals surface area contributed by atoms with E-state index in [9.17, 15) is 0 Å². The van der Waals surface area contributed by atoms with Gasteiger partial charge in [0.1, 0.15) is 0 Å². The molecule has 0 atom stereocenters. The maximum atomic E-state index is 2.26. The third-order valence-electron chi connectivity index (χ3n) is 3.44. The Morgan fingerprint density at radius 3 is 2.35 bits per heavy atom. The first-order valence-electron chi connectivity index (χ1n) is 7.09. The Balaban J connectivity index is 2.19. The molecule has 1 heterocycles. The number of benzene rings is 2. The summed E-state index contributed by atoms with van der Waals surface area (Å²) in [5.41, 5.74) is 3.73. The molecular formula is C19H19N. The summed E-state index contributed by atoms with van der Waals surface area (Å²) in [6, 6.07) is 19.0. The Kier molecular flexibility index (Phi) is 3.42. The molecule has 0 aliphatic rings. The van der Waals surface area contributed by atoms with E-state index in [1.54, 1.807) is 0 Å². The minimum absolute atomic E-state index is 0.564. The molecule has 1 nitrogen and oxygen atoms in total. The van der Waals surface area contributed by atoms with Crippen LogP contribution in [0.4, 0.5) is 0 Å². The molecule has 0 fully saturated rings. The van der Waals surface area contributed by atoms with Crippen molar-refractivity contribution in [2.75, 3.05) is 0 Å². The predicted octanol–water partition coefficient (Wildman–Crippen LogP) is 5.30. The van der Waals surface area contributed by atoms with E-state index in [0.29, 0.717) is 5.92 Å². The molecule has 1 heteroatoms. The number of rotatable bonds is 3. The highest BCUT2D eigenvalue weighted by atomic mass is 15.0. The van der Waals surface area contributed by atoms with Crippen LogP contribution in [0, 0.1) is 5.92 Å². The fraction of sp³-hybridized carbons (Fsp3) is 0.158. The van der Waals surface area contributed by atoms with E-state index in [-0.39, 0.29) is 0 Å². The van der Waals surface area contributed by atoms with Crippen molar-refractivity contribution in [3.8, 4) is 5.69 Å². The second-order valence-corrected chi connectivity index (χ2v) is 5.41. The number of hydrogen-bond acceptors (Lipinski definition) is 0. The topological polar surface area (TPSA) is 4.93 Å². The lowest BCUT2D eigenvalue weighted by molar-refractivity contribution is 0.836. The minimum Gasteiger partial charge on any atom is -0.316 e. The van der Waals surface area contributed by atoms with Crippen LogP contribution in [0.15, 0.2) is 66.9 Å². The lowest BCUT2D eigenvalue weighted by Crippen LogP contribution is -1.90. The Hall–Kier alpha value is -2.28. The molecule has 0 saturated heterocycles. The fourth-order valence-corrected chi connectivity index (χ4v) is 2.44. The molecule has 0 bridgehead atoms. The van der Waals surface area contributed by atoms with Crippen LogP contribution < -0.4 is 0 Å². The molecule has 100 valence electrons. The van der Waals surface area contributed by atoms with Crippen LogP contribution in [-0.2, 0) is 0 Å². The van der Waals surface area contributed by atoms with Crippen molar-refractivity contribution in [2.24, 2.45) is 5.92 Å². The number of aromatic nitrogens is 1. The maximum absolute atomic E-state index is 2.26. The Morgan fingerprint density at radius 1 is 0.900 bits per heavy atom. The van der Waals surface area contributed by atoms with Gasteiger partial charge in [-0.1, -0.05) is 62.4 Å². The van der Waals surface area contributed by atoms with Gasteiger partial charge in [0.25, 0.3) is 0 Å². The standard InChI is InChI=1S/C19H19N/c1-15(2)12-13-16-14-20(17-8-4-3-5-9-17)19-11-7-6-10-18(16)19/h3-15H,1-2H3/b13-12+. The molecule has 0 aliphatic carbocycles. The van der Waals surface area contributed by atoms with Crippen LogP contribution in [0.2, 0.25) is 0 Å². The smallest absolute Gasteiger partial charge is 0.0534 e. The van der Waals surface area contributed by atoms with E-state index in [1.165, 1.54) is 22.2 Å². The fourth-order valence-electron chi connectivity index (χ4n) is 2.44. The average molecular weight is 261 g/mol. The van der Waals surface area contributed by atoms with E-state index < -0.39 is 0 Å². The lowest BCUT2D eigenvalue weighted by atomic mass is 10.1. The second kappa shape index (κ2) is 5.38. The third kappa shape index (κ3) is 2.39. The summed E-state index contributed by atoms with van der Waals surface area (Å²) >= 11 is 0. The van der Waals surface area contributed by atoms with Gasteiger partial charge in [0.15, 0.2) is 0 Å².